The number of nitrogens with zero attached hydrogens (tertiary/aromatic N) is 4. The SMILES string of the molecule is CC(C)c1ccccc1-c1ncc2c(n1)n(Cc1cccc(OCC3CCOC3)c1)c(=O)n2C. The second kappa shape index (κ2) is 9.43. The van der Waals surface area contributed by atoms with Gasteiger partial charge in [0.05, 0.1) is 26.0 Å². The highest BCUT2D eigenvalue weighted by molar-refractivity contribution is 5.74. The molecule has 0 aliphatic carbocycles. The van der Waals surface area contributed by atoms with E-state index in [4.69, 9.17) is 14.5 Å². The molecule has 3 heterocycles. The number of hydrogen-bond donors (Lipinski definition) is 0. The molecule has 7 nitrogen and oxygen atoms in total. The Balaban J connectivity index is 1.48. The molecule has 1 saturated heterocycles. The summed E-state index contributed by atoms with van der Waals surface area (Å²) in [5, 5.41) is 0. The van der Waals surface area contributed by atoms with Crippen molar-refractivity contribution in [2.24, 2.45) is 13.0 Å². The molecule has 0 saturated carbocycles. The van der Waals surface area contributed by atoms with Crippen LogP contribution in [0.2, 0.25) is 0 Å². The summed E-state index contributed by atoms with van der Waals surface area (Å²) in [4.78, 5) is 22.6. The van der Waals surface area contributed by atoms with E-state index in [2.05, 4.69) is 24.9 Å². The zero-order valence-corrected chi connectivity index (χ0v) is 19.9. The fourth-order valence-electron chi connectivity index (χ4n) is 4.50. The maximum atomic E-state index is 13.1. The molecule has 1 atom stereocenters. The normalized spacial score (nSPS) is 15.9. The Morgan fingerprint density at radius 1 is 1.18 bits per heavy atom. The summed E-state index contributed by atoms with van der Waals surface area (Å²) in [6.45, 7) is 6.93. The highest BCUT2D eigenvalue weighted by Crippen LogP contribution is 2.27. The van der Waals surface area contributed by atoms with Gasteiger partial charge in [0, 0.05) is 25.1 Å². The number of aryl methyl sites for hydroxylation is 1. The van der Waals surface area contributed by atoms with Gasteiger partial charge in [0.15, 0.2) is 11.5 Å². The lowest BCUT2D eigenvalue weighted by Gasteiger charge is -2.12. The van der Waals surface area contributed by atoms with Crippen molar-refractivity contribution in [3.05, 3.63) is 76.3 Å². The standard InChI is InChI=1S/C27H30N4O3/c1-18(2)22-9-4-5-10-23(22)25-28-14-24-26(29-25)31(27(32)30(24)3)15-19-7-6-8-21(13-19)34-17-20-11-12-33-16-20/h4-10,13-14,18,20H,11-12,15-17H2,1-3H3. The van der Waals surface area contributed by atoms with Gasteiger partial charge in [-0.15, -0.1) is 0 Å². The van der Waals surface area contributed by atoms with Gasteiger partial charge in [0.2, 0.25) is 0 Å². The maximum Gasteiger partial charge on any atom is 0.330 e. The fraction of sp³-hybridized carbons (Fsp3) is 0.370. The second-order valence-corrected chi connectivity index (χ2v) is 9.26. The molecule has 176 valence electrons. The number of imidazole rings is 1. The smallest absolute Gasteiger partial charge is 0.330 e. The van der Waals surface area contributed by atoms with Crippen LogP contribution in [-0.4, -0.2) is 38.9 Å². The van der Waals surface area contributed by atoms with Crippen LogP contribution in [0.3, 0.4) is 0 Å². The molecule has 0 radical (unpaired) electrons. The minimum atomic E-state index is -0.118. The monoisotopic (exact) mass is 458 g/mol. The molecule has 7 heteroatoms. The third-order valence-electron chi connectivity index (χ3n) is 6.46. The van der Waals surface area contributed by atoms with Crippen molar-refractivity contribution < 1.29 is 9.47 Å². The predicted molar refractivity (Wildman–Crippen MR) is 132 cm³/mol. The summed E-state index contributed by atoms with van der Waals surface area (Å²) in [6, 6.07) is 16.1. The van der Waals surface area contributed by atoms with E-state index in [1.807, 2.05) is 42.5 Å². The molecule has 0 N–H and O–H groups in total. The molecule has 1 unspecified atom stereocenters. The molecule has 5 rings (SSSR count). The zero-order valence-electron chi connectivity index (χ0n) is 19.9. The first-order valence-electron chi connectivity index (χ1n) is 11.8. The van der Waals surface area contributed by atoms with Crippen LogP contribution in [0, 0.1) is 5.92 Å². The van der Waals surface area contributed by atoms with Crippen molar-refractivity contribution in [3.63, 3.8) is 0 Å². The van der Waals surface area contributed by atoms with Crippen molar-refractivity contribution in [1.29, 1.82) is 0 Å². The van der Waals surface area contributed by atoms with Crippen LogP contribution in [0.5, 0.6) is 5.75 Å². The lowest BCUT2D eigenvalue weighted by Crippen LogP contribution is -2.23. The molecular weight excluding hydrogens is 428 g/mol. The van der Waals surface area contributed by atoms with Gasteiger partial charge in [-0.05, 0) is 35.6 Å². The minimum absolute atomic E-state index is 0.118. The number of rotatable bonds is 7. The molecule has 0 amide bonds. The largest absolute Gasteiger partial charge is 0.493 e. The van der Waals surface area contributed by atoms with Gasteiger partial charge in [0.1, 0.15) is 11.3 Å². The van der Waals surface area contributed by atoms with Crippen LogP contribution >= 0.6 is 0 Å². The molecule has 0 bridgehead atoms. The summed E-state index contributed by atoms with van der Waals surface area (Å²) in [5.41, 5.74) is 4.39. The summed E-state index contributed by atoms with van der Waals surface area (Å²) in [6.07, 6.45) is 2.78. The van der Waals surface area contributed by atoms with E-state index in [1.165, 1.54) is 5.56 Å². The van der Waals surface area contributed by atoms with Gasteiger partial charge in [-0.25, -0.2) is 14.8 Å². The quantitative estimate of drug-likeness (QED) is 0.411. The molecule has 0 spiro atoms. The van der Waals surface area contributed by atoms with E-state index >= 15 is 0 Å². The summed E-state index contributed by atoms with van der Waals surface area (Å²) in [5.74, 6) is 2.21. The van der Waals surface area contributed by atoms with Crippen LogP contribution in [0.15, 0.2) is 59.5 Å². The third kappa shape index (κ3) is 4.35. The Morgan fingerprint density at radius 3 is 2.82 bits per heavy atom. The Bertz CT molecular complexity index is 1370. The molecule has 4 aromatic rings. The second-order valence-electron chi connectivity index (χ2n) is 9.26. The van der Waals surface area contributed by atoms with Crippen molar-refractivity contribution in [2.75, 3.05) is 19.8 Å². The first-order valence-corrected chi connectivity index (χ1v) is 11.8. The Labute approximate surface area is 199 Å². The highest BCUT2D eigenvalue weighted by Gasteiger charge is 2.18. The van der Waals surface area contributed by atoms with Crippen LogP contribution < -0.4 is 10.4 Å². The van der Waals surface area contributed by atoms with Crippen molar-refractivity contribution in [3.8, 4) is 17.1 Å². The van der Waals surface area contributed by atoms with E-state index in [0.717, 1.165) is 36.5 Å². The first-order chi connectivity index (χ1) is 16.5. The molecule has 34 heavy (non-hydrogen) atoms. The van der Waals surface area contributed by atoms with E-state index in [1.54, 1.807) is 22.4 Å². The Kier molecular flexibility index (Phi) is 6.20. The maximum absolute atomic E-state index is 13.1. The number of hydrogen-bond acceptors (Lipinski definition) is 5. The Morgan fingerprint density at radius 2 is 2.03 bits per heavy atom. The molecule has 1 aliphatic rings. The van der Waals surface area contributed by atoms with Crippen LogP contribution in [0.1, 0.15) is 37.3 Å². The van der Waals surface area contributed by atoms with Gasteiger partial charge in [-0.1, -0.05) is 50.2 Å². The number of benzene rings is 2. The summed E-state index contributed by atoms with van der Waals surface area (Å²) >= 11 is 0. The van der Waals surface area contributed by atoms with Gasteiger partial charge < -0.3 is 9.47 Å². The summed E-state index contributed by atoms with van der Waals surface area (Å²) in [7, 11) is 1.76. The van der Waals surface area contributed by atoms with Crippen molar-refractivity contribution >= 4 is 11.2 Å². The summed E-state index contributed by atoms with van der Waals surface area (Å²) < 4.78 is 14.8. The minimum Gasteiger partial charge on any atom is -0.493 e. The predicted octanol–water partition coefficient (Wildman–Crippen LogP) is 4.38. The highest BCUT2D eigenvalue weighted by atomic mass is 16.5. The molecule has 2 aromatic carbocycles. The van der Waals surface area contributed by atoms with E-state index in [9.17, 15) is 4.79 Å². The molecule has 1 fully saturated rings. The van der Waals surface area contributed by atoms with Crippen LogP contribution in [0.25, 0.3) is 22.6 Å². The van der Waals surface area contributed by atoms with Crippen molar-refractivity contribution in [1.82, 2.24) is 19.1 Å². The van der Waals surface area contributed by atoms with Gasteiger partial charge in [-0.3, -0.25) is 9.13 Å². The fourth-order valence-corrected chi connectivity index (χ4v) is 4.50. The topological polar surface area (TPSA) is 71.2 Å². The molecular formula is C27H30N4O3. The van der Waals surface area contributed by atoms with E-state index in [0.29, 0.717) is 42.0 Å². The first kappa shape index (κ1) is 22.3. The lowest BCUT2D eigenvalue weighted by molar-refractivity contribution is 0.167. The molecule has 1 aliphatic heterocycles. The number of ether oxygens (including phenoxy) is 2. The van der Waals surface area contributed by atoms with Crippen LogP contribution in [0.4, 0.5) is 0 Å². The Hall–Kier alpha value is -3.45. The third-order valence-corrected chi connectivity index (χ3v) is 6.46. The average Bonchev–Trinajstić information content (AvgIpc) is 3.46. The molecule has 2 aromatic heterocycles. The number of fused-ring (bicyclic) bond motifs is 1. The van der Waals surface area contributed by atoms with Gasteiger partial charge in [0.25, 0.3) is 0 Å². The zero-order chi connectivity index (χ0) is 23.7. The average molecular weight is 459 g/mol. The lowest BCUT2D eigenvalue weighted by atomic mass is 9.97. The van der Waals surface area contributed by atoms with Gasteiger partial charge in [-0.2, -0.15) is 0 Å². The number of aromatic nitrogens is 4. The van der Waals surface area contributed by atoms with Gasteiger partial charge >= 0.3 is 5.69 Å². The van der Waals surface area contributed by atoms with Crippen LogP contribution in [-0.2, 0) is 18.3 Å². The van der Waals surface area contributed by atoms with E-state index in [-0.39, 0.29) is 5.69 Å². The van der Waals surface area contributed by atoms with Crippen molar-refractivity contribution in [2.45, 2.75) is 32.7 Å². The van der Waals surface area contributed by atoms with E-state index < -0.39 is 0 Å².